The first-order valence-electron chi connectivity index (χ1n) is 10.9. The van der Waals surface area contributed by atoms with Crippen molar-refractivity contribution < 1.29 is 23.4 Å². The molecule has 33 heavy (non-hydrogen) atoms. The lowest BCUT2D eigenvalue weighted by molar-refractivity contribution is -0.0486. The van der Waals surface area contributed by atoms with Crippen molar-refractivity contribution >= 4 is 16.9 Å². The molecule has 1 aliphatic heterocycles. The van der Waals surface area contributed by atoms with Crippen LogP contribution in [0.4, 0.5) is 8.78 Å². The second-order valence-electron chi connectivity index (χ2n) is 9.39. The summed E-state index contributed by atoms with van der Waals surface area (Å²) in [6, 6.07) is 8.88. The molecule has 0 saturated heterocycles. The normalized spacial score (nSPS) is 17.2. The molecule has 5 rings (SSSR count). The van der Waals surface area contributed by atoms with Crippen LogP contribution in [0.25, 0.3) is 22.0 Å². The highest BCUT2D eigenvalue weighted by Crippen LogP contribution is 2.44. The predicted molar refractivity (Wildman–Crippen MR) is 120 cm³/mol. The first-order valence-corrected chi connectivity index (χ1v) is 10.9. The third-order valence-corrected chi connectivity index (χ3v) is 6.55. The molecule has 2 aromatic carbocycles. The van der Waals surface area contributed by atoms with Gasteiger partial charge in [0.15, 0.2) is 5.75 Å². The van der Waals surface area contributed by atoms with Crippen LogP contribution in [0.5, 0.6) is 5.75 Å². The van der Waals surface area contributed by atoms with Crippen molar-refractivity contribution in [1.82, 2.24) is 9.88 Å². The Balaban J connectivity index is 1.79. The summed E-state index contributed by atoms with van der Waals surface area (Å²) in [5, 5.41) is 12.9. The Morgan fingerprint density at radius 2 is 2.00 bits per heavy atom. The molecule has 0 amide bonds. The fourth-order valence-corrected chi connectivity index (χ4v) is 4.82. The number of aromatic nitrogens is 1. The number of pyridine rings is 1. The fraction of sp³-hybridized carbons (Fsp3) is 0.360. The molecule has 6 nitrogen and oxygen atoms in total. The number of nitrogens with zero attached hydrogens (tertiary/aromatic N) is 1. The Bertz CT molecular complexity index is 1340. The van der Waals surface area contributed by atoms with E-state index < -0.39 is 18.0 Å². The Morgan fingerprint density at radius 3 is 2.67 bits per heavy atom. The highest BCUT2D eigenvalue weighted by atomic mass is 19.3. The molecule has 3 aromatic rings. The Hall–Kier alpha value is -3.26. The number of carbonyl (C=O) groups is 1. The van der Waals surface area contributed by atoms with Crippen molar-refractivity contribution in [2.24, 2.45) is 0 Å². The van der Waals surface area contributed by atoms with Crippen molar-refractivity contribution in [3.05, 3.63) is 63.4 Å². The molecule has 1 saturated carbocycles. The summed E-state index contributed by atoms with van der Waals surface area (Å²) in [4.78, 5) is 24.5. The summed E-state index contributed by atoms with van der Waals surface area (Å²) in [6.07, 6.45) is 2.80. The molecule has 2 heterocycles. The molecule has 0 unspecified atom stereocenters. The van der Waals surface area contributed by atoms with E-state index >= 15 is 0 Å². The van der Waals surface area contributed by atoms with Crippen LogP contribution in [0.3, 0.4) is 0 Å². The van der Waals surface area contributed by atoms with Gasteiger partial charge in [0, 0.05) is 36.3 Å². The lowest BCUT2D eigenvalue weighted by Gasteiger charge is -2.33. The number of rotatable bonds is 5. The third kappa shape index (κ3) is 3.68. The van der Waals surface area contributed by atoms with E-state index in [4.69, 9.17) is 4.74 Å². The Kier molecular flexibility index (Phi) is 5.01. The van der Waals surface area contributed by atoms with E-state index in [1.807, 2.05) is 18.2 Å². The number of halogens is 2. The number of aromatic carboxylic acids is 1. The van der Waals surface area contributed by atoms with Gasteiger partial charge in [-0.2, -0.15) is 8.78 Å². The van der Waals surface area contributed by atoms with E-state index in [1.54, 1.807) is 10.6 Å². The molecule has 1 fully saturated rings. The number of hydrogen-bond donors (Lipinski definition) is 2. The van der Waals surface area contributed by atoms with Gasteiger partial charge in [-0.1, -0.05) is 26.0 Å². The summed E-state index contributed by atoms with van der Waals surface area (Å²) in [5.74, 6) is -1.45. The largest absolute Gasteiger partial charge is 0.477 e. The standard InChI is InChI=1S/C25H24F2N2O4/c1-25(2)12-28-10-14-9-13(3-8-19(14)25)16-6-7-17-20(22(16)33-24(26)27)29(15-4-5-15)11-18(21(17)30)23(31)32/h3,6-9,11,15,24,28H,4-5,10,12H2,1-2H3,(H,31,32). The van der Waals surface area contributed by atoms with Gasteiger partial charge in [0.2, 0.25) is 5.43 Å². The average Bonchev–Trinajstić information content (AvgIpc) is 3.58. The van der Waals surface area contributed by atoms with Crippen LogP contribution in [0, 0.1) is 0 Å². The molecular formula is C25H24F2N2O4. The Morgan fingerprint density at radius 1 is 1.24 bits per heavy atom. The quantitative estimate of drug-likeness (QED) is 0.585. The topological polar surface area (TPSA) is 80.6 Å². The maximum Gasteiger partial charge on any atom is 0.387 e. The van der Waals surface area contributed by atoms with Gasteiger partial charge >= 0.3 is 12.6 Å². The zero-order valence-electron chi connectivity index (χ0n) is 18.3. The van der Waals surface area contributed by atoms with Crippen molar-refractivity contribution in [3.63, 3.8) is 0 Å². The molecule has 0 spiro atoms. The van der Waals surface area contributed by atoms with Gasteiger partial charge < -0.3 is 19.7 Å². The van der Waals surface area contributed by atoms with E-state index in [0.717, 1.165) is 24.9 Å². The number of fused-ring (bicyclic) bond motifs is 2. The summed E-state index contributed by atoms with van der Waals surface area (Å²) in [5.41, 5.74) is 2.46. The van der Waals surface area contributed by atoms with Crippen LogP contribution in [-0.2, 0) is 12.0 Å². The monoisotopic (exact) mass is 454 g/mol. The minimum absolute atomic E-state index is 0.0574. The van der Waals surface area contributed by atoms with Gasteiger partial charge in [0.1, 0.15) is 5.56 Å². The molecule has 2 N–H and O–H groups in total. The maximum atomic E-state index is 13.6. The number of benzene rings is 2. The van der Waals surface area contributed by atoms with Crippen LogP contribution < -0.4 is 15.5 Å². The molecule has 1 aromatic heterocycles. The lowest BCUT2D eigenvalue weighted by Crippen LogP contribution is -2.38. The van der Waals surface area contributed by atoms with Gasteiger partial charge in [0.25, 0.3) is 0 Å². The number of hydrogen-bond acceptors (Lipinski definition) is 4. The van der Waals surface area contributed by atoms with Gasteiger partial charge in [-0.25, -0.2) is 4.79 Å². The fourth-order valence-electron chi connectivity index (χ4n) is 4.82. The van der Waals surface area contributed by atoms with Crippen LogP contribution in [0.2, 0.25) is 0 Å². The molecular weight excluding hydrogens is 430 g/mol. The van der Waals surface area contributed by atoms with Gasteiger partial charge in [-0.05, 0) is 47.7 Å². The van der Waals surface area contributed by atoms with Crippen molar-refractivity contribution in [1.29, 1.82) is 0 Å². The number of carboxylic acid groups (broad SMARTS) is 1. The number of carboxylic acids is 1. The Labute approximate surface area is 188 Å². The van der Waals surface area contributed by atoms with E-state index in [9.17, 15) is 23.5 Å². The van der Waals surface area contributed by atoms with Crippen molar-refractivity contribution in [2.45, 2.75) is 51.3 Å². The van der Waals surface area contributed by atoms with Crippen molar-refractivity contribution in [3.8, 4) is 16.9 Å². The number of nitrogens with one attached hydrogen (secondary N) is 1. The SMILES string of the molecule is CC1(C)CNCc2cc(-c3ccc4c(=O)c(C(=O)O)cn(C5CC5)c4c3OC(F)F)ccc21. The smallest absolute Gasteiger partial charge is 0.387 e. The third-order valence-electron chi connectivity index (χ3n) is 6.55. The summed E-state index contributed by atoms with van der Waals surface area (Å²) >= 11 is 0. The summed E-state index contributed by atoms with van der Waals surface area (Å²) in [7, 11) is 0. The second-order valence-corrected chi connectivity index (χ2v) is 9.39. The van der Waals surface area contributed by atoms with Crippen LogP contribution in [-0.4, -0.2) is 28.8 Å². The summed E-state index contributed by atoms with van der Waals surface area (Å²) < 4.78 is 33.8. The average molecular weight is 454 g/mol. The number of alkyl halides is 2. The van der Waals surface area contributed by atoms with Crippen LogP contribution in [0.1, 0.15) is 54.2 Å². The van der Waals surface area contributed by atoms with E-state index in [-0.39, 0.29) is 33.7 Å². The molecule has 0 bridgehead atoms. The minimum atomic E-state index is -3.10. The number of ether oxygens (including phenoxy) is 1. The molecule has 1 aliphatic carbocycles. The van der Waals surface area contributed by atoms with Crippen molar-refractivity contribution in [2.75, 3.05) is 6.54 Å². The molecule has 8 heteroatoms. The van der Waals surface area contributed by atoms with E-state index in [0.29, 0.717) is 17.7 Å². The minimum Gasteiger partial charge on any atom is -0.477 e. The summed E-state index contributed by atoms with van der Waals surface area (Å²) in [6.45, 7) is 2.70. The first-order chi connectivity index (χ1) is 15.7. The molecule has 2 aliphatic rings. The lowest BCUT2D eigenvalue weighted by atomic mass is 9.78. The van der Waals surface area contributed by atoms with Gasteiger partial charge in [-0.15, -0.1) is 0 Å². The molecule has 0 atom stereocenters. The maximum absolute atomic E-state index is 13.6. The van der Waals surface area contributed by atoms with E-state index in [2.05, 4.69) is 19.2 Å². The predicted octanol–water partition coefficient (Wildman–Crippen LogP) is 4.68. The highest BCUT2D eigenvalue weighted by molar-refractivity contribution is 5.97. The van der Waals surface area contributed by atoms with Gasteiger partial charge in [-0.3, -0.25) is 4.79 Å². The van der Waals surface area contributed by atoms with Crippen LogP contribution >= 0.6 is 0 Å². The molecule has 172 valence electrons. The zero-order valence-corrected chi connectivity index (χ0v) is 18.3. The first kappa shape index (κ1) is 21.6. The molecule has 0 radical (unpaired) electrons. The zero-order chi connectivity index (χ0) is 23.5. The second kappa shape index (κ2) is 7.66. The highest BCUT2D eigenvalue weighted by Gasteiger charge is 2.31. The van der Waals surface area contributed by atoms with Crippen LogP contribution in [0.15, 0.2) is 41.3 Å². The van der Waals surface area contributed by atoms with E-state index in [1.165, 1.54) is 17.8 Å². The van der Waals surface area contributed by atoms with Gasteiger partial charge in [0.05, 0.1) is 10.9 Å².